The molecule has 0 fully saturated rings. The molecule has 0 aliphatic carbocycles. The van der Waals surface area contributed by atoms with Gasteiger partial charge in [0.2, 0.25) is 11.8 Å². The fourth-order valence-electron chi connectivity index (χ4n) is 2.50. The van der Waals surface area contributed by atoms with Gasteiger partial charge in [-0.1, -0.05) is 18.2 Å². The number of hydrogen-bond acceptors (Lipinski definition) is 3. The summed E-state index contributed by atoms with van der Waals surface area (Å²) in [4.78, 5) is 25.7. The van der Waals surface area contributed by atoms with Crippen LogP contribution < -0.4 is 10.6 Å². The molecule has 5 nitrogen and oxygen atoms in total. The van der Waals surface area contributed by atoms with Gasteiger partial charge < -0.3 is 15.5 Å². The Balaban J connectivity index is 2.09. The summed E-state index contributed by atoms with van der Waals surface area (Å²) in [7, 11) is 3.37. The van der Waals surface area contributed by atoms with Gasteiger partial charge in [0.15, 0.2) is 0 Å². The first-order valence-corrected chi connectivity index (χ1v) is 6.85. The molecule has 2 N–H and O–H groups in total. The van der Waals surface area contributed by atoms with E-state index in [9.17, 15) is 9.59 Å². The normalized spacial score (nSPS) is 18.4. The van der Waals surface area contributed by atoms with Crippen LogP contribution in [-0.4, -0.2) is 43.4 Å². The topological polar surface area (TPSA) is 61.4 Å². The highest BCUT2D eigenvalue weighted by molar-refractivity contribution is 5.91. The van der Waals surface area contributed by atoms with Gasteiger partial charge in [-0.25, -0.2) is 0 Å². The summed E-state index contributed by atoms with van der Waals surface area (Å²) < 4.78 is 0. The Morgan fingerprint density at radius 1 is 1.35 bits per heavy atom. The van der Waals surface area contributed by atoms with Gasteiger partial charge in [0.1, 0.15) is 6.04 Å². The van der Waals surface area contributed by atoms with Crippen LogP contribution in [0.2, 0.25) is 0 Å². The zero-order valence-electron chi connectivity index (χ0n) is 12.1. The first-order chi connectivity index (χ1) is 9.50. The van der Waals surface area contributed by atoms with Crippen molar-refractivity contribution >= 4 is 17.5 Å². The first kappa shape index (κ1) is 14.4. The summed E-state index contributed by atoms with van der Waals surface area (Å²) in [6.07, 6.45) is 0.742. The Bertz CT molecular complexity index is 514. The number of para-hydroxylation sites is 1. The summed E-state index contributed by atoms with van der Waals surface area (Å²) in [5.41, 5.74) is 2.01. The number of nitrogens with zero attached hydrogens (tertiary/aromatic N) is 1. The fourth-order valence-corrected chi connectivity index (χ4v) is 2.50. The van der Waals surface area contributed by atoms with Gasteiger partial charge in [0.25, 0.3) is 0 Å². The first-order valence-electron chi connectivity index (χ1n) is 6.85. The van der Waals surface area contributed by atoms with Crippen LogP contribution in [0.3, 0.4) is 0 Å². The van der Waals surface area contributed by atoms with E-state index in [0.29, 0.717) is 0 Å². The summed E-state index contributed by atoms with van der Waals surface area (Å²) in [5, 5.41) is 6.10. The summed E-state index contributed by atoms with van der Waals surface area (Å²) in [6, 6.07) is 7.32. The molecule has 0 radical (unpaired) electrons. The minimum Gasteiger partial charge on any atom is -0.385 e. The summed E-state index contributed by atoms with van der Waals surface area (Å²) >= 11 is 0. The molecule has 108 valence electrons. The Morgan fingerprint density at radius 2 is 2.05 bits per heavy atom. The van der Waals surface area contributed by atoms with Crippen molar-refractivity contribution in [2.24, 2.45) is 0 Å². The maximum Gasteiger partial charge on any atom is 0.244 e. The van der Waals surface area contributed by atoms with E-state index in [1.165, 1.54) is 4.90 Å². The van der Waals surface area contributed by atoms with E-state index >= 15 is 0 Å². The molecule has 0 saturated heterocycles. The Kier molecular flexibility index (Phi) is 4.27. The molecular formula is C15H21N3O2. The van der Waals surface area contributed by atoms with Gasteiger partial charge in [-0.3, -0.25) is 9.59 Å². The molecule has 0 spiro atoms. The lowest BCUT2D eigenvalue weighted by Gasteiger charge is -2.27. The van der Waals surface area contributed by atoms with Crippen LogP contribution in [0.4, 0.5) is 5.69 Å². The molecule has 1 aromatic carbocycles. The van der Waals surface area contributed by atoms with E-state index < -0.39 is 6.04 Å². The third-order valence-electron chi connectivity index (χ3n) is 3.57. The number of carbonyl (C=O) groups excluding carboxylic acids is 2. The van der Waals surface area contributed by atoms with Gasteiger partial charge in [-0.05, 0) is 25.0 Å². The van der Waals surface area contributed by atoms with Crippen molar-refractivity contribution in [1.82, 2.24) is 10.2 Å². The lowest BCUT2D eigenvalue weighted by Crippen LogP contribution is -2.46. The van der Waals surface area contributed by atoms with E-state index in [2.05, 4.69) is 10.6 Å². The van der Waals surface area contributed by atoms with Crippen LogP contribution in [0.5, 0.6) is 0 Å². The van der Waals surface area contributed by atoms with Gasteiger partial charge >= 0.3 is 0 Å². The third-order valence-corrected chi connectivity index (χ3v) is 3.57. The van der Waals surface area contributed by atoms with Crippen molar-refractivity contribution < 1.29 is 9.59 Å². The SMILES string of the molecule is CC(NC(=O)C1CCNc2ccccc21)C(=O)N(C)C. The predicted molar refractivity (Wildman–Crippen MR) is 78.6 cm³/mol. The molecular weight excluding hydrogens is 254 g/mol. The van der Waals surface area contributed by atoms with E-state index in [4.69, 9.17) is 0 Å². The second kappa shape index (κ2) is 5.94. The monoisotopic (exact) mass is 275 g/mol. The second-order valence-corrected chi connectivity index (χ2v) is 5.32. The highest BCUT2D eigenvalue weighted by atomic mass is 16.2. The van der Waals surface area contributed by atoms with Crippen molar-refractivity contribution in [2.75, 3.05) is 26.0 Å². The van der Waals surface area contributed by atoms with Crippen molar-refractivity contribution in [1.29, 1.82) is 0 Å². The van der Waals surface area contributed by atoms with E-state index in [1.54, 1.807) is 21.0 Å². The van der Waals surface area contributed by atoms with Crippen molar-refractivity contribution in [3.05, 3.63) is 29.8 Å². The minimum atomic E-state index is -0.500. The number of hydrogen-bond donors (Lipinski definition) is 2. The number of fused-ring (bicyclic) bond motifs is 1. The highest BCUT2D eigenvalue weighted by Crippen LogP contribution is 2.31. The molecule has 2 amide bonds. The lowest BCUT2D eigenvalue weighted by molar-refractivity contribution is -0.134. The Labute approximate surface area is 119 Å². The fraction of sp³-hybridized carbons (Fsp3) is 0.467. The lowest BCUT2D eigenvalue weighted by atomic mass is 9.90. The number of benzene rings is 1. The summed E-state index contributed by atoms with van der Waals surface area (Å²) in [5.74, 6) is -0.368. The van der Waals surface area contributed by atoms with Gasteiger partial charge in [-0.15, -0.1) is 0 Å². The average molecular weight is 275 g/mol. The minimum absolute atomic E-state index is 0.0818. The van der Waals surface area contributed by atoms with E-state index in [1.807, 2.05) is 24.3 Å². The van der Waals surface area contributed by atoms with Crippen LogP contribution in [0.15, 0.2) is 24.3 Å². The molecule has 0 saturated carbocycles. The smallest absolute Gasteiger partial charge is 0.244 e. The molecule has 1 aliphatic heterocycles. The zero-order valence-corrected chi connectivity index (χ0v) is 12.1. The maximum absolute atomic E-state index is 12.4. The van der Waals surface area contributed by atoms with Gasteiger partial charge in [-0.2, -0.15) is 0 Å². The molecule has 20 heavy (non-hydrogen) atoms. The van der Waals surface area contributed by atoms with Crippen molar-refractivity contribution in [3.8, 4) is 0 Å². The molecule has 2 atom stereocenters. The van der Waals surface area contributed by atoms with E-state index in [0.717, 1.165) is 24.2 Å². The van der Waals surface area contributed by atoms with Gasteiger partial charge in [0.05, 0.1) is 5.92 Å². The quantitative estimate of drug-likeness (QED) is 0.871. The average Bonchev–Trinajstić information content (AvgIpc) is 2.45. The number of amides is 2. The van der Waals surface area contributed by atoms with Crippen molar-refractivity contribution in [3.63, 3.8) is 0 Å². The number of anilines is 1. The van der Waals surface area contributed by atoms with Crippen molar-refractivity contribution in [2.45, 2.75) is 25.3 Å². The van der Waals surface area contributed by atoms with Crippen LogP contribution in [0.25, 0.3) is 0 Å². The Morgan fingerprint density at radius 3 is 2.75 bits per heavy atom. The highest BCUT2D eigenvalue weighted by Gasteiger charge is 2.28. The number of nitrogens with one attached hydrogen (secondary N) is 2. The molecule has 0 bridgehead atoms. The number of likely N-dealkylation sites (N-methyl/N-ethyl adjacent to an activating group) is 1. The van der Waals surface area contributed by atoms with Crippen LogP contribution in [0.1, 0.15) is 24.8 Å². The molecule has 1 aliphatic rings. The molecule has 1 heterocycles. The molecule has 1 aromatic rings. The predicted octanol–water partition coefficient (Wildman–Crippen LogP) is 1.18. The Hall–Kier alpha value is -2.04. The molecule has 2 rings (SSSR count). The maximum atomic E-state index is 12.4. The van der Waals surface area contributed by atoms with Crippen LogP contribution in [0, 0.1) is 0 Å². The van der Waals surface area contributed by atoms with Crippen LogP contribution >= 0.6 is 0 Å². The number of rotatable bonds is 3. The van der Waals surface area contributed by atoms with Crippen LogP contribution in [-0.2, 0) is 9.59 Å². The van der Waals surface area contributed by atoms with Gasteiger partial charge in [0, 0.05) is 26.3 Å². The standard InChI is InChI=1S/C15H21N3O2/c1-10(15(20)18(2)3)17-14(19)12-8-9-16-13-7-5-4-6-11(12)13/h4-7,10,12,16H,8-9H2,1-3H3,(H,17,19). The second-order valence-electron chi connectivity index (χ2n) is 5.32. The largest absolute Gasteiger partial charge is 0.385 e. The molecule has 5 heteroatoms. The third kappa shape index (κ3) is 2.92. The summed E-state index contributed by atoms with van der Waals surface area (Å²) in [6.45, 7) is 2.48. The number of carbonyl (C=O) groups is 2. The zero-order chi connectivity index (χ0) is 14.7. The molecule has 2 unspecified atom stereocenters. The van der Waals surface area contributed by atoms with E-state index in [-0.39, 0.29) is 17.7 Å². The molecule has 0 aromatic heterocycles.